The Morgan fingerprint density at radius 3 is 2.88 bits per heavy atom. The zero-order chi connectivity index (χ0) is 5.98. The highest BCUT2D eigenvalue weighted by molar-refractivity contribution is 4.90. The van der Waals surface area contributed by atoms with Crippen molar-refractivity contribution in [1.82, 2.24) is 9.66 Å². The van der Waals surface area contributed by atoms with Crippen molar-refractivity contribution in [3.8, 4) is 0 Å². The minimum atomic E-state index is 0.892. The molecule has 0 fully saturated rings. The number of aromatic nitrogens is 2. The van der Waals surface area contributed by atoms with E-state index >= 15 is 0 Å². The van der Waals surface area contributed by atoms with Crippen molar-refractivity contribution < 1.29 is 0 Å². The summed E-state index contributed by atoms with van der Waals surface area (Å²) in [6.07, 6.45) is 4.32. The van der Waals surface area contributed by atoms with Crippen LogP contribution in [-0.2, 0) is 6.42 Å². The van der Waals surface area contributed by atoms with Gasteiger partial charge >= 0.3 is 0 Å². The zero-order valence-electron chi connectivity index (χ0n) is 4.83. The van der Waals surface area contributed by atoms with Crippen molar-refractivity contribution in [1.29, 1.82) is 0 Å². The summed E-state index contributed by atoms with van der Waals surface area (Å²) in [6, 6.07) is 0. The molecule has 3 heteroatoms. The van der Waals surface area contributed by atoms with Crippen LogP contribution in [0.3, 0.4) is 0 Å². The minimum Gasteiger partial charge on any atom is -0.338 e. The average molecular weight is 111 g/mol. The van der Waals surface area contributed by atoms with Gasteiger partial charge in [-0.1, -0.05) is 6.92 Å². The molecule has 0 unspecified atom stereocenters. The van der Waals surface area contributed by atoms with Gasteiger partial charge in [-0.05, 0) is 0 Å². The summed E-state index contributed by atoms with van der Waals surface area (Å²) in [7, 11) is 0. The zero-order valence-corrected chi connectivity index (χ0v) is 4.83. The van der Waals surface area contributed by atoms with E-state index in [1.54, 1.807) is 12.4 Å². The Kier molecular flexibility index (Phi) is 1.20. The summed E-state index contributed by atoms with van der Waals surface area (Å²) in [6.45, 7) is 2.02. The van der Waals surface area contributed by atoms with E-state index in [4.69, 9.17) is 5.84 Å². The lowest BCUT2D eigenvalue weighted by molar-refractivity contribution is 0.858. The molecule has 2 N–H and O–H groups in total. The Labute approximate surface area is 48.1 Å². The molecule has 1 heterocycles. The monoisotopic (exact) mass is 111 g/mol. The Morgan fingerprint density at radius 2 is 2.62 bits per heavy atom. The van der Waals surface area contributed by atoms with Gasteiger partial charge in [-0.2, -0.15) is 0 Å². The van der Waals surface area contributed by atoms with Gasteiger partial charge in [0.25, 0.3) is 0 Å². The molecule has 0 bridgehead atoms. The van der Waals surface area contributed by atoms with Gasteiger partial charge in [-0.15, -0.1) is 0 Å². The third-order valence-corrected chi connectivity index (χ3v) is 1.07. The fourth-order valence-corrected chi connectivity index (χ4v) is 0.618. The van der Waals surface area contributed by atoms with Gasteiger partial charge in [0, 0.05) is 18.8 Å². The van der Waals surface area contributed by atoms with Gasteiger partial charge in [0.2, 0.25) is 0 Å². The van der Waals surface area contributed by atoms with Crippen LogP contribution in [0.1, 0.15) is 12.7 Å². The second-order valence-electron chi connectivity index (χ2n) is 1.60. The maximum absolute atomic E-state index is 5.41. The summed E-state index contributed by atoms with van der Waals surface area (Å²) in [5.41, 5.74) is 0. The third kappa shape index (κ3) is 0.665. The quantitative estimate of drug-likeness (QED) is 0.524. The van der Waals surface area contributed by atoms with Crippen LogP contribution < -0.4 is 5.84 Å². The molecule has 0 aliphatic carbocycles. The Morgan fingerprint density at radius 1 is 1.88 bits per heavy atom. The van der Waals surface area contributed by atoms with E-state index in [-0.39, 0.29) is 0 Å². The highest BCUT2D eigenvalue weighted by Crippen LogP contribution is 1.90. The molecule has 0 radical (unpaired) electrons. The number of rotatable bonds is 1. The molecule has 3 nitrogen and oxygen atoms in total. The molecule has 44 valence electrons. The van der Waals surface area contributed by atoms with Gasteiger partial charge in [-0.25, -0.2) is 4.98 Å². The topological polar surface area (TPSA) is 43.8 Å². The molecule has 0 atom stereocenters. The maximum Gasteiger partial charge on any atom is 0.126 e. The molecule has 1 rings (SSSR count). The van der Waals surface area contributed by atoms with Crippen molar-refractivity contribution in [2.75, 3.05) is 5.84 Å². The maximum atomic E-state index is 5.41. The molecule has 1 aromatic heterocycles. The molecule has 0 saturated carbocycles. The number of nitrogens with two attached hydrogens (primary N) is 1. The van der Waals surface area contributed by atoms with Crippen molar-refractivity contribution >= 4 is 0 Å². The number of nitrogens with zero attached hydrogens (tertiary/aromatic N) is 2. The standard InChI is InChI=1S/C5H9N3/c1-2-5-7-3-4-8(5)6/h3-4H,2,6H2,1H3. The summed E-state index contributed by atoms with van der Waals surface area (Å²) >= 11 is 0. The first-order valence-electron chi connectivity index (χ1n) is 2.62. The highest BCUT2D eigenvalue weighted by atomic mass is 15.3. The van der Waals surface area contributed by atoms with Crippen LogP contribution in [0.15, 0.2) is 12.4 Å². The van der Waals surface area contributed by atoms with E-state index in [1.807, 2.05) is 6.92 Å². The lowest BCUT2D eigenvalue weighted by Crippen LogP contribution is -2.10. The summed E-state index contributed by atoms with van der Waals surface area (Å²) in [5, 5.41) is 0. The van der Waals surface area contributed by atoms with Crippen molar-refractivity contribution in [3.63, 3.8) is 0 Å². The average Bonchev–Trinajstić information content (AvgIpc) is 2.14. The number of hydrogen-bond donors (Lipinski definition) is 1. The Balaban J connectivity index is 2.92. The number of nitrogen functional groups attached to an aromatic ring is 1. The summed E-state index contributed by atoms with van der Waals surface area (Å²) < 4.78 is 1.53. The number of imidazole rings is 1. The third-order valence-electron chi connectivity index (χ3n) is 1.07. The predicted octanol–water partition coefficient (Wildman–Crippen LogP) is 0.159. The molecule has 0 aliphatic rings. The summed E-state index contributed by atoms with van der Waals surface area (Å²) in [4.78, 5) is 3.97. The predicted molar refractivity (Wildman–Crippen MR) is 31.8 cm³/mol. The van der Waals surface area contributed by atoms with Crippen LogP contribution in [-0.4, -0.2) is 9.66 Å². The van der Waals surface area contributed by atoms with E-state index in [2.05, 4.69) is 4.98 Å². The van der Waals surface area contributed by atoms with Crippen LogP contribution in [0, 0.1) is 0 Å². The van der Waals surface area contributed by atoms with Crippen LogP contribution >= 0.6 is 0 Å². The highest BCUT2D eigenvalue weighted by Gasteiger charge is 1.91. The van der Waals surface area contributed by atoms with E-state index in [0.717, 1.165) is 12.2 Å². The first-order valence-corrected chi connectivity index (χ1v) is 2.62. The molecule has 0 amide bonds. The molecule has 0 aromatic carbocycles. The molecule has 0 spiro atoms. The van der Waals surface area contributed by atoms with Gasteiger partial charge in [0.05, 0.1) is 0 Å². The fourth-order valence-electron chi connectivity index (χ4n) is 0.618. The first kappa shape index (κ1) is 5.15. The molecular weight excluding hydrogens is 102 g/mol. The second kappa shape index (κ2) is 1.86. The van der Waals surface area contributed by atoms with Crippen LogP contribution in [0.4, 0.5) is 0 Å². The van der Waals surface area contributed by atoms with Gasteiger partial charge in [0.1, 0.15) is 5.82 Å². The molecule has 0 saturated heterocycles. The van der Waals surface area contributed by atoms with Crippen LogP contribution in [0.5, 0.6) is 0 Å². The lowest BCUT2D eigenvalue weighted by Gasteiger charge is -1.93. The van der Waals surface area contributed by atoms with Crippen LogP contribution in [0.25, 0.3) is 0 Å². The smallest absolute Gasteiger partial charge is 0.126 e. The Bertz CT molecular complexity index is 168. The largest absolute Gasteiger partial charge is 0.338 e. The van der Waals surface area contributed by atoms with Crippen molar-refractivity contribution in [2.24, 2.45) is 0 Å². The SMILES string of the molecule is CCc1nccn1N. The Hall–Kier alpha value is -0.990. The van der Waals surface area contributed by atoms with Crippen LogP contribution in [0.2, 0.25) is 0 Å². The van der Waals surface area contributed by atoms with E-state index < -0.39 is 0 Å². The molecule has 0 aliphatic heterocycles. The lowest BCUT2D eigenvalue weighted by atomic mass is 10.5. The van der Waals surface area contributed by atoms with E-state index in [0.29, 0.717) is 0 Å². The number of hydrogen-bond acceptors (Lipinski definition) is 2. The minimum absolute atomic E-state index is 0.892. The van der Waals surface area contributed by atoms with Crippen molar-refractivity contribution in [3.05, 3.63) is 18.2 Å². The normalized spacial score (nSPS) is 9.62. The van der Waals surface area contributed by atoms with Gasteiger partial charge < -0.3 is 5.84 Å². The first-order chi connectivity index (χ1) is 3.84. The van der Waals surface area contributed by atoms with Gasteiger partial charge in [-0.3, -0.25) is 4.68 Å². The molecule has 1 aromatic rings. The second-order valence-corrected chi connectivity index (χ2v) is 1.60. The fraction of sp³-hybridized carbons (Fsp3) is 0.400. The van der Waals surface area contributed by atoms with E-state index in [9.17, 15) is 0 Å². The van der Waals surface area contributed by atoms with Crippen molar-refractivity contribution in [2.45, 2.75) is 13.3 Å². The molecular formula is C5H9N3. The number of aryl methyl sites for hydroxylation is 1. The summed E-state index contributed by atoms with van der Waals surface area (Å²) in [5.74, 6) is 6.33. The van der Waals surface area contributed by atoms with Gasteiger partial charge in [0.15, 0.2) is 0 Å². The van der Waals surface area contributed by atoms with E-state index in [1.165, 1.54) is 4.68 Å². The molecule has 8 heavy (non-hydrogen) atoms.